The van der Waals surface area contributed by atoms with E-state index < -0.39 is 4.92 Å². The van der Waals surface area contributed by atoms with Crippen LogP contribution in [-0.2, 0) is 0 Å². The second-order valence-corrected chi connectivity index (χ2v) is 5.95. The van der Waals surface area contributed by atoms with Gasteiger partial charge in [0.15, 0.2) is 0 Å². The second kappa shape index (κ2) is 8.72. The fourth-order valence-corrected chi connectivity index (χ4v) is 3.01. The Labute approximate surface area is 153 Å². The first-order valence-corrected chi connectivity index (χ1v) is 8.06. The fourth-order valence-electron chi connectivity index (χ4n) is 1.98. The van der Waals surface area contributed by atoms with Gasteiger partial charge < -0.3 is 20.9 Å². The zero-order chi connectivity index (χ0) is 19.1. The van der Waals surface area contributed by atoms with Crippen LogP contribution in [0, 0.1) is 10.1 Å². The summed E-state index contributed by atoms with van der Waals surface area (Å²) >= 11 is 1.34. The van der Waals surface area contributed by atoms with Gasteiger partial charge in [0.25, 0.3) is 5.69 Å². The van der Waals surface area contributed by atoms with Gasteiger partial charge in [-0.2, -0.15) is 5.10 Å². The van der Waals surface area contributed by atoms with Crippen molar-refractivity contribution in [3.63, 3.8) is 0 Å². The van der Waals surface area contributed by atoms with E-state index in [1.165, 1.54) is 30.1 Å². The molecule has 26 heavy (non-hydrogen) atoms. The number of non-ortho nitro benzene ring substituents is 1. The number of hydrogen-bond donors (Lipinski definition) is 2. The van der Waals surface area contributed by atoms with Crippen LogP contribution < -0.4 is 20.9 Å². The first-order chi connectivity index (χ1) is 12.4. The third-order valence-corrected chi connectivity index (χ3v) is 4.30. The molecule has 2 aromatic rings. The molecular formula is C16H17N5O4S. The van der Waals surface area contributed by atoms with Crippen LogP contribution in [0.25, 0.3) is 0 Å². The SMILES string of the molecule is COc1ccc(OC)c(Sc2ccc([N+](=O)[O-])cc2C=NN=C(N)N)c1. The van der Waals surface area contributed by atoms with E-state index in [2.05, 4.69) is 10.2 Å². The van der Waals surface area contributed by atoms with Crippen LogP contribution in [0.4, 0.5) is 5.69 Å². The van der Waals surface area contributed by atoms with E-state index in [0.717, 1.165) is 4.90 Å². The van der Waals surface area contributed by atoms with E-state index in [4.69, 9.17) is 20.9 Å². The zero-order valence-electron chi connectivity index (χ0n) is 14.1. The molecule has 0 amide bonds. The molecule has 0 fully saturated rings. The molecule has 2 aromatic carbocycles. The number of benzene rings is 2. The van der Waals surface area contributed by atoms with Crippen molar-refractivity contribution < 1.29 is 14.4 Å². The lowest BCUT2D eigenvalue weighted by atomic mass is 10.2. The lowest BCUT2D eigenvalue weighted by molar-refractivity contribution is -0.384. The molecule has 0 heterocycles. The van der Waals surface area contributed by atoms with Crippen molar-refractivity contribution in [2.45, 2.75) is 9.79 Å². The van der Waals surface area contributed by atoms with Gasteiger partial charge in [0.2, 0.25) is 5.96 Å². The van der Waals surface area contributed by atoms with Gasteiger partial charge in [0, 0.05) is 22.6 Å². The van der Waals surface area contributed by atoms with E-state index in [9.17, 15) is 10.1 Å². The maximum Gasteiger partial charge on any atom is 0.270 e. The number of nitro benzene ring substituents is 1. The van der Waals surface area contributed by atoms with Crippen molar-refractivity contribution in [1.82, 2.24) is 0 Å². The van der Waals surface area contributed by atoms with E-state index in [-0.39, 0.29) is 11.6 Å². The van der Waals surface area contributed by atoms with Gasteiger partial charge >= 0.3 is 0 Å². The molecule has 0 saturated heterocycles. The van der Waals surface area contributed by atoms with Crippen molar-refractivity contribution >= 4 is 29.6 Å². The topological polar surface area (TPSA) is 138 Å². The Bertz CT molecular complexity index is 866. The molecule has 4 N–H and O–H groups in total. The molecule has 0 bridgehead atoms. The van der Waals surface area contributed by atoms with Crippen LogP contribution in [0.2, 0.25) is 0 Å². The van der Waals surface area contributed by atoms with Gasteiger partial charge in [0.05, 0.1) is 30.3 Å². The molecule has 0 aromatic heterocycles. The lowest BCUT2D eigenvalue weighted by Crippen LogP contribution is -2.21. The molecule has 0 aliphatic rings. The number of methoxy groups -OCH3 is 2. The molecule has 2 rings (SSSR count). The molecule has 9 nitrogen and oxygen atoms in total. The van der Waals surface area contributed by atoms with E-state index in [1.807, 2.05) is 6.07 Å². The third kappa shape index (κ3) is 4.86. The first-order valence-electron chi connectivity index (χ1n) is 7.25. The molecule has 136 valence electrons. The highest BCUT2D eigenvalue weighted by Gasteiger charge is 2.13. The Kier molecular flexibility index (Phi) is 6.39. The number of ether oxygens (including phenoxy) is 2. The quantitative estimate of drug-likeness (QED) is 0.328. The standard InChI is InChI=1S/C16H17N5O4S/c1-24-12-4-5-13(25-2)15(8-12)26-14-6-3-11(21(22)23)7-10(14)9-19-20-16(17)18/h3-9H,1-2H3,(H4,17,18,20). The molecule has 10 heteroatoms. The molecule has 0 radical (unpaired) electrons. The highest BCUT2D eigenvalue weighted by molar-refractivity contribution is 7.99. The van der Waals surface area contributed by atoms with Gasteiger partial charge in [0.1, 0.15) is 11.5 Å². The van der Waals surface area contributed by atoms with E-state index in [1.54, 1.807) is 32.4 Å². The van der Waals surface area contributed by atoms with Crippen molar-refractivity contribution in [1.29, 1.82) is 0 Å². The minimum absolute atomic E-state index is 0.0712. The van der Waals surface area contributed by atoms with Crippen LogP contribution in [0.15, 0.2) is 56.4 Å². The molecule has 0 atom stereocenters. The fraction of sp³-hybridized carbons (Fsp3) is 0.125. The summed E-state index contributed by atoms with van der Waals surface area (Å²) in [7, 11) is 3.12. The van der Waals surface area contributed by atoms with E-state index >= 15 is 0 Å². The van der Waals surface area contributed by atoms with Gasteiger partial charge in [-0.25, -0.2) is 0 Å². The summed E-state index contributed by atoms with van der Waals surface area (Å²) in [5.74, 6) is 1.09. The Morgan fingerprint density at radius 1 is 1.15 bits per heavy atom. The Hall–Kier alpha value is -3.27. The van der Waals surface area contributed by atoms with Crippen LogP contribution in [-0.4, -0.2) is 31.3 Å². The van der Waals surface area contributed by atoms with Crippen LogP contribution in [0.1, 0.15) is 5.56 Å². The number of nitrogens with zero attached hydrogens (tertiary/aromatic N) is 3. The third-order valence-electron chi connectivity index (χ3n) is 3.16. The monoisotopic (exact) mass is 375 g/mol. The molecule has 0 aliphatic heterocycles. The van der Waals surface area contributed by atoms with Gasteiger partial charge in [-0.15, -0.1) is 5.10 Å². The average Bonchev–Trinajstić information content (AvgIpc) is 2.62. The van der Waals surface area contributed by atoms with Crippen molar-refractivity contribution in [2.24, 2.45) is 21.7 Å². The maximum atomic E-state index is 11.0. The predicted molar refractivity (Wildman–Crippen MR) is 100 cm³/mol. The Morgan fingerprint density at radius 2 is 1.92 bits per heavy atom. The summed E-state index contributed by atoms with van der Waals surface area (Å²) in [5, 5.41) is 18.3. The molecule has 0 aliphatic carbocycles. The number of guanidine groups is 1. The minimum atomic E-state index is -0.488. The second-order valence-electron chi connectivity index (χ2n) is 4.87. The average molecular weight is 375 g/mol. The van der Waals surface area contributed by atoms with Crippen molar-refractivity contribution in [3.05, 3.63) is 52.1 Å². The number of nitrogens with two attached hydrogens (primary N) is 2. The first kappa shape index (κ1) is 19.1. The Balaban J connectivity index is 2.46. The summed E-state index contributed by atoms with van der Waals surface area (Å²) in [4.78, 5) is 12.0. The summed E-state index contributed by atoms with van der Waals surface area (Å²) in [5.41, 5.74) is 10.9. The maximum absolute atomic E-state index is 11.0. The van der Waals surface area contributed by atoms with Crippen molar-refractivity contribution in [2.75, 3.05) is 14.2 Å². The largest absolute Gasteiger partial charge is 0.497 e. The van der Waals surface area contributed by atoms with Gasteiger partial charge in [-0.3, -0.25) is 10.1 Å². The zero-order valence-corrected chi connectivity index (χ0v) is 14.9. The van der Waals surface area contributed by atoms with Gasteiger partial charge in [-0.05, 0) is 24.3 Å². The van der Waals surface area contributed by atoms with Crippen LogP contribution >= 0.6 is 11.8 Å². The summed E-state index contributed by atoms with van der Waals surface area (Å²) < 4.78 is 10.6. The van der Waals surface area contributed by atoms with Crippen molar-refractivity contribution in [3.8, 4) is 11.5 Å². The summed E-state index contributed by atoms with van der Waals surface area (Å²) in [6, 6.07) is 9.79. The Morgan fingerprint density at radius 3 is 2.54 bits per heavy atom. The lowest BCUT2D eigenvalue weighted by Gasteiger charge is -2.11. The highest BCUT2D eigenvalue weighted by Crippen LogP contribution is 2.39. The smallest absolute Gasteiger partial charge is 0.270 e. The van der Waals surface area contributed by atoms with Gasteiger partial charge in [-0.1, -0.05) is 11.8 Å². The van der Waals surface area contributed by atoms with Crippen LogP contribution in [0.3, 0.4) is 0 Å². The number of rotatable bonds is 7. The normalized spacial score (nSPS) is 10.5. The molecule has 0 saturated carbocycles. The highest BCUT2D eigenvalue weighted by atomic mass is 32.2. The summed E-state index contributed by atoms with van der Waals surface area (Å²) in [6.07, 6.45) is 1.35. The molecular weight excluding hydrogens is 358 g/mol. The summed E-state index contributed by atoms with van der Waals surface area (Å²) in [6.45, 7) is 0. The molecule has 0 spiro atoms. The van der Waals surface area contributed by atoms with E-state index in [0.29, 0.717) is 22.0 Å². The molecule has 0 unspecified atom stereocenters. The minimum Gasteiger partial charge on any atom is -0.497 e. The number of nitro groups is 1. The van der Waals surface area contributed by atoms with Crippen LogP contribution in [0.5, 0.6) is 11.5 Å². The number of hydrogen-bond acceptors (Lipinski definition) is 7. The predicted octanol–water partition coefficient (Wildman–Crippen LogP) is 2.37.